The molecule has 2 aliphatic rings. The summed E-state index contributed by atoms with van der Waals surface area (Å²) < 4.78 is 5.30. The molecule has 1 aromatic rings. The number of ether oxygens (including phenoxy) is 1. The molecule has 1 fully saturated rings. The van der Waals surface area contributed by atoms with Gasteiger partial charge in [-0.1, -0.05) is 0 Å². The Hall–Kier alpha value is -1.92. The van der Waals surface area contributed by atoms with Crippen molar-refractivity contribution < 1.29 is 14.3 Å². The van der Waals surface area contributed by atoms with Gasteiger partial charge in [0.2, 0.25) is 5.91 Å². The lowest BCUT2D eigenvalue weighted by atomic mass is 9.85. The minimum Gasteiger partial charge on any atom is -0.379 e. The van der Waals surface area contributed by atoms with Crippen molar-refractivity contribution in [3.05, 3.63) is 29.3 Å². The first kappa shape index (κ1) is 16.0. The van der Waals surface area contributed by atoms with Crippen molar-refractivity contribution in [3.8, 4) is 0 Å². The first-order valence-corrected chi connectivity index (χ1v) is 8.03. The second-order valence-corrected chi connectivity index (χ2v) is 6.55. The molecule has 6 nitrogen and oxygen atoms in total. The summed E-state index contributed by atoms with van der Waals surface area (Å²) >= 11 is 0. The molecule has 0 spiro atoms. The molecule has 0 atom stereocenters. The summed E-state index contributed by atoms with van der Waals surface area (Å²) in [5.41, 5.74) is 1.67. The molecule has 2 N–H and O–H groups in total. The summed E-state index contributed by atoms with van der Waals surface area (Å²) in [6.45, 7) is 8.52. The van der Waals surface area contributed by atoms with E-state index in [4.69, 9.17) is 4.74 Å². The Labute approximate surface area is 136 Å². The number of carbonyl (C=O) groups is 2. The van der Waals surface area contributed by atoms with Crippen LogP contribution in [0.3, 0.4) is 0 Å². The summed E-state index contributed by atoms with van der Waals surface area (Å²) in [6, 6.07) is 5.38. The molecule has 1 aromatic carbocycles. The molecule has 124 valence electrons. The van der Waals surface area contributed by atoms with Gasteiger partial charge in [-0.15, -0.1) is 0 Å². The maximum atomic E-state index is 12.3. The van der Waals surface area contributed by atoms with Gasteiger partial charge in [-0.2, -0.15) is 0 Å². The molecule has 0 radical (unpaired) electrons. The van der Waals surface area contributed by atoms with Crippen LogP contribution in [-0.4, -0.2) is 56.1 Å². The maximum Gasteiger partial charge on any atom is 0.251 e. The second kappa shape index (κ2) is 6.29. The third-order valence-electron chi connectivity index (χ3n) is 4.59. The van der Waals surface area contributed by atoms with Crippen LogP contribution in [0.5, 0.6) is 0 Å². The molecule has 0 aromatic heterocycles. The number of rotatable bonds is 4. The number of amides is 2. The highest BCUT2D eigenvalue weighted by Crippen LogP contribution is 2.37. The first-order valence-electron chi connectivity index (χ1n) is 8.03. The molecule has 0 aliphatic carbocycles. The van der Waals surface area contributed by atoms with Crippen molar-refractivity contribution in [3.63, 3.8) is 0 Å². The van der Waals surface area contributed by atoms with Gasteiger partial charge in [-0.3, -0.25) is 14.5 Å². The van der Waals surface area contributed by atoms with Crippen LogP contribution in [0.2, 0.25) is 0 Å². The third-order valence-corrected chi connectivity index (χ3v) is 4.59. The van der Waals surface area contributed by atoms with Crippen LogP contribution in [0, 0.1) is 0 Å². The van der Waals surface area contributed by atoms with Crippen LogP contribution in [0.15, 0.2) is 18.2 Å². The van der Waals surface area contributed by atoms with Gasteiger partial charge in [0.05, 0.1) is 18.6 Å². The van der Waals surface area contributed by atoms with Crippen molar-refractivity contribution in [1.82, 2.24) is 10.2 Å². The SMILES string of the molecule is CC1(C)C(=O)Nc2ccc(C(=O)NCCN3CCOCC3)cc21. The Balaban J connectivity index is 1.60. The molecule has 0 unspecified atom stereocenters. The molecule has 0 bridgehead atoms. The quantitative estimate of drug-likeness (QED) is 0.868. The van der Waals surface area contributed by atoms with E-state index in [0.29, 0.717) is 12.1 Å². The lowest BCUT2D eigenvalue weighted by Crippen LogP contribution is -2.41. The minimum atomic E-state index is -0.598. The van der Waals surface area contributed by atoms with Gasteiger partial charge in [-0.05, 0) is 37.6 Å². The summed E-state index contributed by atoms with van der Waals surface area (Å²) in [5.74, 6) is -0.131. The van der Waals surface area contributed by atoms with Gasteiger partial charge in [0.15, 0.2) is 0 Å². The topological polar surface area (TPSA) is 70.7 Å². The van der Waals surface area contributed by atoms with Crippen LogP contribution in [0.25, 0.3) is 0 Å². The van der Waals surface area contributed by atoms with Crippen molar-refractivity contribution in [2.45, 2.75) is 19.3 Å². The van der Waals surface area contributed by atoms with E-state index in [1.165, 1.54) is 0 Å². The summed E-state index contributed by atoms with van der Waals surface area (Å²) in [4.78, 5) is 26.5. The van der Waals surface area contributed by atoms with Crippen LogP contribution < -0.4 is 10.6 Å². The van der Waals surface area contributed by atoms with Crippen LogP contribution in [-0.2, 0) is 14.9 Å². The second-order valence-electron chi connectivity index (χ2n) is 6.55. The zero-order chi connectivity index (χ0) is 16.4. The predicted octanol–water partition coefficient (Wildman–Crippen LogP) is 0.978. The van der Waals surface area contributed by atoms with Gasteiger partial charge in [0, 0.05) is 37.4 Å². The normalized spacial score (nSPS) is 20.0. The lowest BCUT2D eigenvalue weighted by molar-refractivity contribution is -0.119. The standard InChI is InChI=1S/C17H23N3O3/c1-17(2)13-11-12(3-4-14(13)19-16(17)22)15(21)18-5-6-20-7-9-23-10-8-20/h3-4,11H,5-10H2,1-2H3,(H,18,21)(H,19,22). The molecule has 2 amide bonds. The van der Waals surface area contributed by atoms with Crippen LogP contribution in [0.4, 0.5) is 5.69 Å². The average Bonchev–Trinajstić information content (AvgIpc) is 2.77. The number of carbonyl (C=O) groups excluding carboxylic acids is 2. The number of nitrogens with one attached hydrogen (secondary N) is 2. The van der Waals surface area contributed by atoms with Crippen LogP contribution in [0.1, 0.15) is 29.8 Å². The Morgan fingerprint density at radius 1 is 1.35 bits per heavy atom. The maximum absolute atomic E-state index is 12.3. The molecule has 6 heteroatoms. The fourth-order valence-electron chi connectivity index (χ4n) is 2.97. The fraction of sp³-hybridized carbons (Fsp3) is 0.529. The number of nitrogens with zero attached hydrogens (tertiary/aromatic N) is 1. The molecule has 1 saturated heterocycles. The largest absolute Gasteiger partial charge is 0.379 e. The first-order chi connectivity index (χ1) is 11.0. The van der Waals surface area contributed by atoms with Crippen molar-refractivity contribution in [2.24, 2.45) is 0 Å². The Bertz CT molecular complexity index is 622. The molecule has 3 rings (SSSR count). The summed E-state index contributed by atoms with van der Waals surface area (Å²) in [5, 5.41) is 5.80. The number of hydrogen-bond acceptors (Lipinski definition) is 4. The molecular weight excluding hydrogens is 294 g/mol. The monoisotopic (exact) mass is 317 g/mol. The number of hydrogen-bond donors (Lipinski definition) is 2. The van der Waals surface area contributed by atoms with Gasteiger partial charge >= 0.3 is 0 Å². The van der Waals surface area contributed by atoms with E-state index >= 15 is 0 Å². The third kappa shape index (κ3) is 3.23. The van der Waals surface area contributed by atoms with Gasteiger partial charge < -0.3 is 15.4 Å². The van der Waals surface area contributed by atoms with E-state index < -0.39 is 5.41 Å². The smallest absolute Gasteiger partial charge is 0.251 e. The number of fused-ring (bicyclic) bond motifs is 1. The lowest BCUT2D eigenvalue weighted by Gasteiger charge is -2.26. The number of morpholine rings is 1. The zero-order valence-electron chi connectivity index (χ0n) is 13.6. The van der Waals surface area contributed by atoms with E-state index in [0.717, 1.165) is 44.1 Å². The highest BCUT2D eigenvalue weighted by atomic mass is 16.5. The molecule has 23 heavy (non-hydrogen) atoms. The average molecular weight is 317 g/mol. The molecule has 2 aliphatic heterocycles. The van der Waals surface area contributed by atoms with E-state index in [1.54, 1.807) is 12.1 Å². The van der Waals surface area contributed by atoms with Gasteiger partial charge in [0.1, 0.15) is 0 Å². The number of anilines is 1. The van der Waals surface area contributed by atoms with E-state index in [2.05, 4.69) is 15.5 Å². The van der Waals surface area contributed by atoms with E-state index in [-0.39, 0.29) is 11.8 Å². The Morgan fingerprint density at radius 3 is 2.83 bits per heavy atom. The van der Waals surface area contributed by atoms with Crippen molar-refractivity contribution in [2.75, 3.05) is 44.7 Å². The van der Waals surface area contributed by atoms with Crippen molar-refractivity contribution >= 4 is 17.5 Å². The van der Waals surface area contributed by atoms with Gasteiger partial charge in [0.25, 0.3) is 5.91 Å². The molecule has 2 heterocycles. The highest BCUT2D eigenvalue weighted by Gasteiger charge is 2.38. The summed E-state index contributed by atoms with van der Waals surface area (Å²) in [7, 11) is 0. The number of benzene rings is 1. The Kier molecular flexibility index (Phi) is 4.37. The van der Waals surface area contributed by atoms with Crippen LogP contribution >= 0.6 is 0 Å². The zero-order valence-corrected chi connectivity index (χ0v) is 13.6. The fourth-order valence-corrected chi connectivity index (χ4v) is 2.97. The minimum absolute atomic E-state index is 0.0302. The summed E-state index contributed by atoms with van der Waals surface area (Å²) in [6.07, 6.45) is 0. The van der Waals surface area contributed by atoms with E-state index in [9.17, 15) is 9.59 Å². The highest BCUT2D eigenvalue weighted by molar-refractivity contribution is 6.07. The van der Waals surface area contributed by atoms with Crippen molar-refractivity contribution in [1.29, 1.82) is 0 Å². The van der Waals surface area contributed by atoms with E-state index in [1.807, 2.05) is 19.9 Å². The predicted molar refractivity (Wildman–Crippen MR) is 87.7 cm³/mol. The molecule has 0 saturated carbocycles. The molecular formula is C17H23N3O3. The Morgan fingerprint density at radius 2 is 2.09 bits per heavy atom. The van der Waals surface area contributed by atoms with Gasteiger partial charge in [-0.25, -0.2) is 0 Å².